The van der Waals surface area contributed by atoms with E-state index in [4.69, 9.17) is 9.72 Å². The van der Waals surface area contributed by atoms with E-state index in [2.05, 4.69) is 72.2 Å². The van der Waals surface area contributed by atoms with Crippen molar-refractivity contribution in [2.45, 2.75) is 71.4 Å². The molecule has 0 amide bonds. The number of aromatic nitrogens is 2. The summed E-state index contributed by atoms with van der Waals surface area (Å²) in [5, 5.41) is 2.35. The maximum Gasteiger partial charge on any atom is 0.147 e. The first-order valence-electron chi connectivity index (χ1n) is 11.9. The first kappa shape index (κ1) is 21.4. The Morgan fingerprint density at radius 3 is 2.32 bits per heavy atom. The summed E-state index contributed by atoms with van der Waals surface area (Å²) >= 11 is 0. The van der Waals surface area contributed by atoms with E-state index >= 15 is 0 Å². The van der Waals surface area contributed by atoms with Crippen molar-refractivity contribution in [3.8, 4) is 5.75 Å². The molecule has 31 heavy (non-hydrogen) atoms. The fourth-order valence-electron chi connectivity index (χ4n) is 4.35. The Balaban J connectivity index is 1.41. The van der Waals surface area contributed by atoms with Gasteiger partial charge in [0.2, 0.25) is 0 Å². The van der Waals surface area contributed by atoms with Crippen LogP contribution in [0.25, 0.3) is 21.8 Å². The van der Waals surface area contributed by atoms with Gasteiger partial charge < -0.3 is 9.30 Å². The molecule has 0 aliphatic heterocycles. The zero-order chi connectivity index (χ0) is 21.3. The first-order chi connectivity index (χ1) is 15.4. The molecule has 0 aliphatic carbocycles. The van der Waals surface area contributed by atoms with Crippen molar-refractivity contribution >= 4 is 21.8 Å². The van der Waals surface area contributed by atoms with Crippen LogP contribution in [0.3, 0.4) is 0 Å². The molecular formula is C28H34N2O. The van der Waals surface area contributed by atoms with Gasteiger partial charge in [-0.25, -0.2) is 4.98 Å². The van der Waals surface area contributed by atoms with Crippen LogP contribution in [0.1, 0.15) is 64.1 Å². The SMILES string of the molecule is CCCCCCCCCCn1c(COc2cccc3ccccc23)nc2ccccc21. The van der Waals surface area contributed by atoms with Gasteiger partial charge in [0.15, 0.2) is 0 Å². The second-order valence-electron chi connectivity index (χ2n) is 8.41. The summed E-state index contributed by atoms with van der Waals surface area (Å²) < 4.78 is 8.63. The van der Waals surface area contributed by atoms with Gasteiger partial charge in [0.25, 0.3) is 0 Å². The minimum absolute atomic E-state index is 0.486. The third-order valence-electron chi connectivity index (χ3n) is 6.08. The molecule has 4 rings (SSSR count). The van der Waals surface area contributed by atoms with E-state index in [-0.39, 0.29) is 0 Å². The Bertz CT molecular complexity index is 1090. The van der Waals surface area contributed by atoms with Gasteiger partial charge in [0.1, 0.15) is 18.2 Å². The van der Waals surface area contributed by atoms with E-state index < -0.39 is 0 Å². The molecule has 1 aromatic heterocycles. The number of hydrogen-bond acceptors (Lipinski definition) is 2. The highest BCUT2D eigenvalue weighted by molar-refractivity contribution is 5.88. The number of fused-ring (bicyclic) bond motifs is 2. The van der Waals surface area contributed by atoms with Gasteiger partial charge in [-0.3, -0.25) is 0 Å². The third-order valence-corrected chi connectivity index (χ3v) is 6.08. The number of rotatable bonds is 12. The number of hydrogen-bond donors (Lipinski definition) is 0. The molecule has 0 saturated carbocycles. The predicted octanol–water partition coefficient (Wildman–Crippen LogP) is 7.91. The minimum atomic E-state index is 0.486. The molecule has 0 saturated heterocycles. The number of para-hydroxylation sites is 2. The molecular weight excluding hydrogens is 380 g/mol. The van der Waals surface area contributed by atoms with Crippen LogP contribution < -0.4 is 4.74 Å². The maximum atomic E-state index is 6.27. The second kappa shape index (κ2) is 11.0. The number of unbranched alkanes of at least 4 members (excludes halogenated alkanes) is 7. The highest BCUT2D eigenvalue weighted by Crippen LogP contribution is 2.26. The normalized spacial score (nSPS) is 11.4. The Hall–Kier alpha value is -2.81. The summed E-state index contributed by atoms with van der Waals surface area (Å²) in [4.78, 5) is 4.89. The zero-order valence-corrected chi connectivity index (χ0v) is 18.7. The molecule has 0 atom stereocenters. The van der Waals surface area contributed by atoms with Crippen molar-refractivity contribution in [3.05, 3.63) is 72.6 Å². The lowest BCUT2D eigenvalue weighted by Crippen LogP contribution is -2.08. The maximum absolute atomic E-state index is 6.27. The van der Waals surface area contributed by atoms with E-state index in [1.54, 1.807) is 0 Å². The van der Waals surface area contributed by atoms with Crippen LogP contribution in [0, 0.1) is 0 Å². The summed E-state index contributed by atoms with van der Waals surface area (Å²) in [6.45, 7) is 3.76. The van der Waals surface area contributed by atoms with Crippen LogP contribution in [0.15, 0.2) is 66.7 Å². The molecule has 0 unspecified atom stereocenters. The number of ether oxygens (including phenoxy) is 1. The van der Waals surface area contributed by atoms with Crippen molar-refractivity contribution in [1.29, 1.82) is 0 Å². The van der Waals surface area contributed by atoms with Crippen LogP contribution in [0.5, 0.6) is 5.75 Å². The highest BCUT2D eigenvalue weighted by Gasteiger charge is 2.12. The van der Waals surface area contributed by atoms with Crippen LogP contribution in [0.4, 0.5) is 0 Å². The van der Waals surface area contributed by atoms with Crippen LogP contribution >= 0.6 is 0 Å². The summed E-state index contributed by atoms with van der Waals surface area (Å²) in [6, 6.07) is 23.0. The fourth-order valence-corrected chi connectivity index (χ4v) is 4.35. The lowest BCUT2D eigenvalue weighted by atomic mass is 10.1. The average Bonchev–Trinajstić information content (AvgIpc) is 3.17. The quantitative estimate of drug-likeness (QED) is 0.220. The Kier molecular flexibility index (Phi) is 7.60. The Morgan fingerprint density at radius 2 is 1.45 bits per heavy atom. The largest absolute Gasteiger partial charge is 0.485 e. The molecule has 0 radical (unpaired) electrons. The van der Waals surface area contributed by atoms with Crippen molar-refractivity contribution in [3.63, 3.8) is 0 Å². The van der Waals surface area contributed by atoms with Gasteiger partial charge >= 0.3 is 0 Å². The predicted molar refractivity (Wildman–Crippen MR) is 131 cm³/mol. The van der Waals surface area contributed by atoms with E-state index in [0.717, 1.165) is 29.0 Å². The summed E-state index contributed by atoms with van der Waals surface area (Å²) in [6.07, 6.45) is 10.6. The van der Waals surface area contributed by atoms with Gasteiger partial charge in [-0.2, -0.15) is 0 Å². The Labute approximate surface area is 186 Å². The topological polar surface area (TPSA) is 27.1 Å². The molecule has 0 aliphatic rings. The van der Waals surface area contributed by atoms with E-state index in [0.29, 0.717) is 6.61 Å². The lowest BCUT2D eigenvalue weighted by molar-refractivity contribution is 0.293. The van der Waals surface area contributed by atoms with Crippen LogP contribution in [-0.2, 0) is 13.2 Å². The molecule has 3 aromatic carbocycles. The number of benzene rings is 3. The molecule has 4 aromatic rings. The average molecular weight is 415 g/mol. The molecule has 0 N–H and O–H groups in total. The molecule has 162 valence electrons. The van der Waals surface area contributed by atoms with Crippen LogP contribution in [-0.4, -0.2) is 9.55 Å². The van der Waals surface area contributed by atoms with Gasteiger partial charge in [-0.05, 0) is 30.0 Å². The molecule has 0 fully saturated rings. The summed E-state index contributed by atoms with van der Waals surface area (Å²) in [7, 11) is 0. The standard InChI is InChI=1S/C28H34N2O/c1-2-3-4-5-6-7-8-13-21-30-26-19-12-11-18-25(26)29-28(30)22-31-27-20-14-16-23-15-9-10-17-24(23)27/h9-12,14-20H,2-8,13,21-22H2,1H3. The lowest BCUT2D eigenvalue weighted by Gasteiger charge is -2.12. The number of nitrogens with zero attached hydrogens (tertiary/aromatic N) is 2. The van der Waals surface area contributed by atoms with Crippen molar-refractivity contribution in [2.24, 2.45) is 0 Å². The van der Waals surface area contributed by atoms with Gasteiger partial charge in [0.05, 0.1) is 11.0 Å². The monoisotopic (exact) mass is 414 g/mol. The Morgan fingerprint density at radius 1 is 0.742 bits per heavy atom. The molecule has 0 bridgehead atoms. The minimum Gasteiger partial charge on any atom is -0.485 e. The van der Waals surface area contributed by atoms with Gasteiger partial charge in [0, 0.05) is 11.9 Å². The second-order valence-corrected chi connectivity index (χ2v) is 8.41. The molecule has 3 nitrogen and oxygen atoms in total. The van der Waals surface area contributed by atoms with Crippen molar-refractivity contribution in [2.75, 3.05) is 0 Å². The van der Waals surface area contributed by atoms with Crippen molar-refractivity contribution in [1.82, 2.24) is 9.55 Å². The summed E-state index contributed by atoms with van der Waals surface area (Å²) in [5.74, 6) is 1.93. The number of imidazole rings is 1. The van der Waals surface area contributed by atoms with Crippen molar-refractivity contribution < 1.29 is 4.74 Å². The summed E-state index contributed by atoms with van der Waals surface area (Å²) in [5.41, 5.74) is 2.26. The van der Waals surface area contributed by atoms with Gasteiger partial charge in [-0.1, -0.05) is 100 Å². The van der Waals surface area contributed by atoms with E-state index in [1.165, 1.54) is 62.3 Å². The smallest absolute Gasteiger partial charge is 0.147 e. The van der Waals surface area contributed by atoms with Gasteiger partial charge in [-0.15, -0.1) is 0 Å². The first-order valence-corrected chi connectivity index (χ1v) is 11.9. The highest BCUT2D eigenvalue weighted by atomic mass is 16.5. The fraction of sp³-hybridized carbons (Fsp3) is 0.393. The molecule has 0 spiro atoms. The van der Waals surface area contributed by atoms with Crippen LogP contribution in [0.2, 0.25) is 0 Å². The zero-order valence-electron chi connectivity index (χ0n) is 18.7. The number of aryl methyl sites for hydroxylation is 1. The molecule has 3 heteroatoms. The third kappa shape index (κ3) is 5.46. The van der Waals surface area contributed by atoms with E-state index in [1.807, 2.05) is 6.07 Å². The molecule has 1 heterocycles. The van der Waals surface area contributed by atoms with E-state index in [9.17, 15) is 0 Å².